The lowest BCUT2D eigenvalue weighted by atomic mass is 9.92. The van der Waals surface area contributed by atoms with Gasteiger partial charge in [-0.2, -0.15) is 0 Å². The molecule has 23 heavy (non-hydrogen) atoms. The number of amides is 1. The smallest absolute Gasteiger partial charge is 0.260 e. The summed E-state index contributed by atoms with van der Waals surface area (Å²) in [7, 11) is 0. The van der Waals surface area contributed by atoms with Gasteiger partial charge < -0.3 is 9.64 Å². The SMILES string of the molecule is C[C@@H]1C[C@H](C)CN(C(=O)COc2ccc(Cl)c3ccccc23)C1. The Balaban J connectivity index is 1.71. The van der Waals surface area contributed by atoms with Gasteiger partial charge in [0.25, 0.3) is 5.91 Å². The molecule has 0 aromatic heterocycles. The van der Waals surface area contributed by atoms with E-state index in [-0.39, 0.29) is 12.5 Å². The predicted molar refractivity (Wildman–Crippen MR) is 94.0 cm³/mol. The molecular weight excluding hydrogens is 310 g/mol. The Hall–Kier alpha value is -1.74. The summed E-state index contributed by atoms with van der Waals surface area (Å²) < 4.78 is 5.81. The van der Waals surface area contributed by atoms with Crippen LogP contribution in [0.25, 0.3) is 10.8 Å². The van der Waals surface area contributed by atoms with E-state index >= 15 is 0 Å². The molecule has 1 aliphatic heterocycles. The number of hydrogen-bond acceptors (Lipinski definition) is 2. The number of rotatable bonds is 3. The second-order valence-electron chi connectivity index (χ2n) is 6.62. The Morgan fingerprint density at radius 1 is 1.13 bits per heavy atom. The molecule has 2 aromatic rings. The van der Waals surface area contributed by atoms with E-state index in [4.69, 9.17) is 16.3 Å². The number of fused-ring (bicyclic) bond motifs is 1. The molecule has 0 unspecified atom stereocenters. The topological polar surface area (TPSA) is 29.5 Å². The van der Waals surface area contributed by atoms with E-state index < -0.39 is 0 Å². The van der Waals surface area contributed by atoms with Crippen LogP contribution < -0.4 is 4.74 Å². The number of carbonyl (C=O) groups excluding carboxylic acids is 1. The second kappa shape index (κ2) is 6.79. The first-order valence-electron chi connectivity index (χ1n) is 8.12. The summed E-state index contributed by atoms with van der Waals surface area (Å²) in [4.78, 5) is 14.4. The Morgan fingerprint density at radius 2 is 1.78 bits per heavy atom. The molecule has 2 atom stereocenters. The van der Waals surface area contributed by atoms with Crippen molar-refractivity contribution in [1.82, 2.24) is 4.90 Å². The summed E-state index contributed by atoms with van der Waals surface area (Å²) in [6.07, 6.45) is 1.19. The van der Waals surface area contributed by atoms with E-state index in [1.54, 1.807) is 0 Å². The first-order chi connectivity index (χ1) is 11.0. The molecule has 4 heteroatoms. The molecule has 122 valence electrons. The lowest BCUT2D eigenvalue weighted by molar-refractivity contribution is -0.136. The Bertz CT molecular complexity index is 706. The zero-order chi connectivity index (χ0) is 16.4. The summed E-state index contributed by atoms with van der Waals surface area (Å²) in [6.45, 7) is 6.12. The van der Waals surface area contributed by atoms with Crippen LogP contribution in [0.1, 0.15) is 20.3 Å². The summed E-state index contributed by atoms with van der Waals surface area (Å²) in [6, 6.07) is 11.5. The van der Waals surface area contributed by atoms with Crippen LogP contribution in [-0.2, 0) is 4.79 Å². The summed E-state index contributed by atoms with van der Waals surface area (Å²) in [5.41, 5.74) is 0. The maximum Gasteiger partial charge on any atom is 0.260 e. The minimum Gasteiger partial charge on any atom is -0.483 e. The van der Waals surface area contributed by atoms with Crippen LogP contribution >= 0.6 is 11.6 Å². The van der Waals surface area contributed by atoms with Crippen molar-refractivity contribution in [3.05, 3.63) is 41.4 Å². The number of benzene rings is 2. The van der Waals surface area contributed by atoms with Gasteiger partial charge in [0.2, 0.25) is 0 Å². The Morgan fingerprint density at radius 3 is 2.48 bits per heavy atom. The summed E-state index contributed by atoms with van der Waals surface area (Å²) in [5, 5.41) is 2.57. The zero-order valence-corrected chi connectivity index (χ0v) is 14.3. The minimum atomic E-state index is 0.0578. The molecule has 0 N–H and O–H groups in total. The molecule has 1 amide bonds. The molecule has 0 radical (unpaired) electrons. The van der Waals surface area contributed by atoms with Crippen molar-refractivity contribution in [2.75, 3.05) is 19.7 Å². The highest BCUT2D eigenvalue weighted by atomic mass is 35.5. The van der Waals surface area contributed by atoms with E-state index in [0.29, 0.717) is 22.6 Å². The fourth-order valence-corrected chi connectivity index (χ4v) is 3.69. The standard InChI is InChI=1S/C19H22ClNO2/c1-13-9-14(2)11-21(10-13)19(22)12-23-18-8-7-17(20)15-5-3-4-6-16(15)18/h3-8,13-14H,9-12H2,1-2H3/t13-,14+. The normalized spacial score (nSPS) is 21.4. The van der Waals surface area contributed by atoms with Crippen molar-refractivity contribution in [3.63, 3.8) is 0 Å². The fourth-order valence-electron chi connectivity index (χ4n) is 3.46. The molecular formula is C19H22ClNO2. The molecule has 3 rings (SSSR count). The largest absolute Gasteiger partial charge is 0.483 e. The van der Waals surface area contributed by atoms with E-state index in [1.165, 1.54) is 6.42 Å². The van der Waals surface area contributed by atoms with Crippen LogP contribution in [0.5, 0.6) is 5.75 Å². The molecule has 2 aromatic carbocycles. The molecule has 0 saturated carbocycles. The van der Waals surface area contributed by atoms with Crippen LogP contribution in [0, 0.1) is 11.8 Å². The molecule has 3 nitrogen and oxygen atoms in total. The molecule has 0 aliphatic carbocycles. The average molecular weight is 332 g/mol. The van der Waals surface area contributed by atoms with Crippen LogP contribution in [0.2, 0.25) is 5.02 Å². The third kappa shape index (κ3) is 3.61. The Labute approximate surface area is 142 Å². The van der Waals surface area contributed by atoms with E-state index in [0.717, 1.165) is 23.9 Å². The van der Waals surface area contributed by atoms with Crippen molar-refractivity contribution in [1.29, 1.82) is 0 Å². The first-order valence-corrected chi connectivity index (χ1v) is 8.50. The number of piperidine rings is 1. The first kappa shape index (κ1) is 16.1. The van der Waals surface area contributed by atoms with Gasteiger partial charge >= 0.3 is 0 Å². The van der Waals surface area contributed by atoms with Gasteiger partial charge in [0.1, 0.15) is 5.75 Å². The Kier molecular flexibility index (Phi) is 4.76. The number of likely N-dealkylation sites (tertiary alicyclic amines) is 1. The highest BCUT2D eigenvalue weighted by molar-refractivity contribution is 6.35. The number of ether oxygens (including phenoxy) is 1. The van der Waals surface area contributed by atoms with Crippen molar-refractivity contribution in [2.45, 2.75) is 20.3 Å². The van der Waals surface area contributed by atoms with E-state index in [2.05, 4.69) is 13.8 Å². The number of carbonyl (C=O) groups is 1. The third-order valence-corrected chi connectivity index (χ3v) is 4.73. The third-order valence-electron chi connectivity index (χ3n) is 4.40. The van der Waals surface area contributed by atoms with Crippen molar-refractivity contribution < 1.29 is 9.53 Å². The van der Waals surface area contributed by atoms with Crippen molar-refractivity contribution in [3.8, 4) is 5.75 Å². The predicted octanol–water partition coefficient (Wildman–Crippen LogP) is 4.38. The van der Waals surface area contributed by atoms with Gasteiger partial charge in [0, 0.05) is 28.9 Å². The lowest BCUT2D eigenvalue weighted by Crippen LogP contribution is -2.44. The summed E-state index contributed by atoms with van der Waals surface area (Å²) in [5.74, 6) is 1.87. The molecule has 0 spiro atoms. The van der Waals surface area contributed by atoms with Gasteiger partial charge in [-0.05, 0) is 30.4 Å². The van der Waals surface area contributed by atoms with Crippen molar-refractivity contribution >= 4 is 28.3 Å². The molecule has 0 bridgehead atoms. The number of halogens is 1. The molecule has 1 fully saturated rings. The van der Waals surface area contributed by atoms with Gasteiger partial charge in [-0.1, -0.05) is 49.7 Å². The summed E-state index contributed by atoms with van der Waals surface area (Å²) >= 11 is 6.21. The van der Waals surface area contributed by atoms with Gasteiger partial charge in [-0.3, -0.25) is 4.79 Å². The number of hydrogen-bond donors (Lipinski definition) is 0. The molecule has 1 saturated heterocycles. The van der Waals surface area contributed by atoms with Crippen LogP contribution in [-0.4, -0.2) is 30.5 Å². The van der Waals surface area contributed by atoms with Crippen LogP contribution in [0.3, 0.4) is 0 Å². The van der Waals surface area contributed by atoms with Crippen LogP contribution in [0.4, 0.5) is 0 Å². The average Bonchev–Trinajstić information content (AvgIpc) is 2.53. The van der Waals surface area contributed by atoms with Crippen molar-refractivity contribution in [2.24, 2.45) is 11.8 Å². The molecule has 1 heterocycles. The van der Waals surface area contributed by atoms with Crippen LogP contribution in [0.15, 0.2) is 36.4 Å². The zero-order valence-electron chi connectivity index (χ0n) is 13.6. The molecule has 1 aliphatic rings. The lowest BCUT2D eigenvalue weighted by Gasteiger charge is -2.34. The highest BCUT2D eigenvalue weighted by Gasteiger charge is 2.25. The maximum atomic E-state index is 12.4. The quantitative estimate of drug-likeness (QED) is 0.835. The number of nitrogens with zero attached hydrogens (tertiary/aromatic N) is 1. The highest BCUT2D eigenvalue weighted by Crippen LogP contribution is 2.31. The van der Waals surface area contributed by atoms with E-state index in [1.807, 2.05) is 41.3 Å². The monoisotopic (exact) mass is 331 g/mol. The second-order valence-corrected chi connectivity index (χ2v) is 7.03. The van der Waals surface area contributed by atoms with Gasteiger partial charge in [-0.15, -0.1) is 0 Å². The minimum absolute atomic E-state index is 0.0578. The maximum absolute atomic E-state index is 12.4. The van der Waals surface area contributed by atoms with Gasteiger partial charge in [-0.25, -0.2) is 0 Å². The fraction of sp³-hybridized carbons (Fsp3) is 0.421. The van der Waals surface area contributed by atoms with E-state index in [9.17, 15) is 4.79 Å². The van der Waals surface area contributed by atoms with Gasteiger partial charge in [0.05, 0.1) is 0 Å². The van der Waals surface area contributed by atoms with Gasteiger partial charge in [0.15, 0.2) is 6.61 Å².